The summed E-state index contributed by atoms with van der Waals surface area (Å²) < 4.78 is 45.2. The second-order valence-corrected chi connectivity index (χ2v) is 38.0. The van der Waals surface area contributed by atoms with E-state index in [1.54, 1.807) is 6.20 Å². The Kier molecular flexibility index (Phi) is 32.0. The third-order valence-corrected chi connectivity index (χ3v) is 25.5. The smallest absolute Gasteiger partial charge is 0.379 e. The van der Waals surface area contributed by atoms with Gasteiger partial charge in [-0.2, -0.15) is 13.2 Å². The zero-order valence-electron chi connectivity index (χ0n) is 76.6. The lowest BCUT2D eigenvalue weighted by atomic mass is 9.92. The molecule has 134 heavy (non-hydrogen) atoms. The normalized spacial score (nSPS) is 14.5. The Labute approximate surface area is 816 Å². The molecule has 14 heterocycles. The van der Waals surface area contributed by atoms with Crippen molar-refractivity contribution in [3.8, 4) is 45.0 Å². The molecule has 0 radical (unpaired) electrons. The van der Waals surface area contributed by atoms with E-state index in [4.69, 9.17) is 118 Å². The van der Waals surface area contributed by atoms with E-state index in [9.17, 15) is 13.2 Å². The number of nitrogens with one attached hydrogen (secondary N) is 8. The maximum absolute atomic E-state index is 13.3. The molecular weight excluding hydrogens is 1830 g/mol. The van der Waals surface area contributed by atoms with Crippen LogP contribution in [0.5, 0.6) is 0 Å². The molecule has 6 aliphatic heterocycles. The number of fused-ring (bicyclic) bond motifs is 12. The molecule has 26 nitrogen and oxygen atoms in total. The number of benzene rings is 4. The number of pyridine rings is 4. The number of morpholine rings is 1. The number of thiocarbonyl (C=S) groups is 4. The first kappa shape index (κ1) is 97.4. The summed E-state index contributed by atoms with van der Waals surface area (Å²) in [6.45, 7) is 19.7. The Morgan fingerprint density at radius 3 is 1.32 bits per heavy atom. The predicted molar refractivity (Wildman–Crippen MR) is 552 cm³/mol. The molecule has 18 rings (SSSR count). The van der Waals surface area contributed by atoms with Gasteiger partial charge in [0.1, 0.15) is 5.82 Å². The maximum atomic E-state index is 13.3. The van der Waals surface area contributed by atoms with E-state index in [2.05, 4.69) is 164 Å². The molecule has 0 saturated carbocycles. The van der Waals surface area contributed by atoms with Crippen LogP contribution in [0.3, 0.4) is 0 Å². The summed E-state index contributed by atoms with van der Waals surface area (Å²) in [5.41, 5.74) is 23.9. The first-order chi connectivity index (χ1) is 64.3. The van der Waals surface area contributed by atoms with Crippen LogP contribution in [0.25, 0.3) is 45.0 Å². The van der Waals surface area contributed by atoms with E-state index in [0.29, 0.717) is 91.7 Å². The predicted octanol–water partition coefficient (Wildman–Crippen LogP) is 20.5. The van der Waals surface area contributed by atoms with E-state index in [0.717, 1.165) is 248 Å². The van der Waals surface area contributed by atoms with E-state index in [1.807, 2.05) is 125 Å². The molecule has 8 aromatic heterocycles. The first-order valence-electron chi connectivity index (χ1n) is 44.5. The molecule has 0 amide bonds. The summed E-state index contributed by atoms with van der Waals surface area (Å²) in [7, 11) is 12.6. The summed E-state index contributed by atoms with van der Waals surface area (Å²) in [4.78, 5) is 70.1. The summed E-state index contributed by atoms with van der Waals surface area (Å²) in [6.07, 6.45) is 14.2. The van der Waals surface area contributed by atoms with Crippen molar-refractivity contribution in [3.05, 3.63) is 228 Å². The third-order valence-electron chi connectivity index (χ3n) is 23.8. The summed E-state index contributed by atoms with van der Waals surface area (Å²) in [6, 6.07) is 33.1. The Hall–Kier alpha value is -11.2. The van der Waals surface area contributed by atoms with Crippen molar-refractivity contribution in [1.29, 1.82) is 0 Å². The molecular formula is C98H107Cl3F3N25OS4. The number of alkyl halides is 3. The minimum absolute atomic E-state index is 0.279. The van der Waals surface area contributed by atoms with Crippen LogP contribution in [0.2, 0.25) is 15.1 Å². The number of likely N-dealkylation sites (tertiary alicyclic amines) is 1. The van der Waals surface area contributed by atoms with E-state index in [-0.39, 0.29) is 5.69 Å². The number of hydrogen-bond donors (Lipinski definition) is 8. The highest BCUT2D eigenvalue weighted by Crippen LogP contribution is 2.43. The van der Waals surface area contributed by atoms with E-state index < -0.39 is 11.7 Å². The zero-order valence-corrected chi connectivity index (χ0v) is 82.2. The standard InChI is InChI=1S/C25H27ClN6S.C25H25F3N6OS.C24H28ClN7S.C24H27ClN6S/c1-15-21(6-4-19(28-15)11-16-7-9-32(2)10-8-16)30-25-27-14-17-12-23(33)29-22-13-18(26)3-5-20(22)24(17)31-25;1-15-20(10-16(13-29-15)4-5-34-6-8-35-9-7-34)32-24-30-14-17-11-22(36)31-21-12-18(25(26,27)28)2-3-19(21)23(17)33-24;1-15-19(8-9-21(27-15)32(4)11-5-10-31(2)3)29-24-26-14-16-12-22(33)28-20-13-17(25)6-7-18(20)23(16)30-24;1-14-16(6-5-9-31(3)4)10-20(15(2)27-14)29-24-26-13-17-11-22(32)28-21-12-18(25)7-8-19(21)23(17)30-24/h3-6,13-14,16H,7-12H2,1-2H3,(H,29,33)(H,27,30,31);2-3,10,12-14H,4-9,11H2,1H3,(H,31,36)(H,30,32,33);6-9,13-14H,5,10-12H2,1-4H3,(H,28,33)(H,26,29,30);7-8,10,12-13H,5-6,9,11H2,1-4H3,(H,28,32)(H,26,29,30). The molecule has 12 aromatic rings. The van der Waals surface area contributed by atoms with Crippen LogP contribution in [-0.2, 0) is 55.9 Å². The van der Waals surface area contributed by atoms with Crippen LogP contribution >= 0.6 is 83.7 Å². The number of hydrogen-bond acceptors (Lipinski definition) is 26. The largest absolute Gasteiger partial charge is 0.416 e. The van der Waals surface area contributed by atoms with Gasteiger partial charge >= 0.3 is 6.18 Å². The van der Waals surface area contributed by atoms with E-state index in [1.165, 1.54) is 37.6 Å². The molecule has 696 valence electrons. The molecule has 2 fully saturated rings. The molecule has 36 heteroatoms. The highest BCUT2D eigenvalue weighted by Gasteiger charge is 2.33. The average molecular weight is 1940 g/mol. The van der Waals surface area contributed by atoms with Crippen molar-refractivity contribution < 1.29 is 17.9 Å². The summed E-state index contributed by atoms with van der Waals surface area (Å²) in [5, 5.41) is 28.0. The van der Waals surface area contributed by atoms with Gasteiger partial charge in [0.2, 0.25) is 23.8 Å². The van der Waals surface area contributed by atoms with Crippen molar-refractivity contribution in [1.82, 2.24) is 79.4 Å². The zero-order chi connectivity index (χ0) is 94.6. The minimum Gasteiger partial charge on any atom is -0.379 e. The lowest BCUT2D eigenvalue weighted by molar-refractivity contribution is -0.137. The molecule has 4 aromatic carbocycles. The molecule has 0 bridgehead atoms. The average Bonchev–Trinajstić information content (AvgIpc) is 1.51. The highest BCUT2D eigenvalue weighted by atomic mass is 35.5. The van der Waals surface area contributed by atoms with Gasteiger partial charge in [-0.05, 0) is 261 Å². The van der Waals surface area contributed by atoms with Crippen LogP contribution in [0.4, 0.5) is 88.3 Å². The van der Waals surface area contributed by atoms with Gasteiger partial charge in [0.15, 0.2) is 0 Å². The van der Waals surface area contributed by atoms with Gasteiger partial charge in [-0.1, -0.05) is 89.7 Å². The molecule has 6 aliphatic rings. The number of nitrogens with zero attached hydrogens (tertiary/aromatic N) is 17. The molecule has 0 aliphatic carbocycles. The Morgan fingerprint density at radius 1 is 0.440 bits per heavy atom. The van der Waals surface area contributed by atoms with Crippen LogP contribution in [-0.4, -0.2) is 207 Å². The molecule has 0 atom stereocenters. The Balaban J connectivity index is 0.000000136. The van der Waals surface area contributed by atoms with Crippen molar-refractivity contribution in [2.45, 2.75) is 111 Å². The summed E-state index contributed by atoms with van der Waals surface area (Å²) >= 11 is 40.4. The highest BCUT2D eigenvalue weighted by molar-refractivity contribution is 7.81. The van der Waals surface area contributed by atoms with Gasteiger partial charge in [-0.25, -0.2) is 44.9 Å². The fourth-order valence-electron chi connectivity index (χ4n) is 16.5. The lowest BCUT2D eigenvalue weighted by Gasteiger charge is -2.28. The number of halogens is 6. The number of ether oxygens (including phenoxy) is 1. The van der Waals surface area contributed by atoms with Gasteiger partial charge in [0, 0.05) is 184 Å². The quantitative estimate of drug-likeness (QED) is 0.0293. The monoisotopic (exact) mass is 1940 g/mol. The molecule has 8 N–H and O–H groups in total. The molecule has 2 saturated heterocycles. The minimum atomic E-state index is -4.46. The SMILES string of the molecule is Cc1nc(C)c(Nc2ncc3c(n2)-c2ccc(Cl)cc2NC(=S)C3)cc1CCCN(C)C.Cc1nc(CC2CCN(C)CC2)ccc1Nc1ncc2c(n1)-c1ccc(Cl)cc1NC(=S)C2.Cc1nc(N(C)CCCN(C)C)ccc1Nc1ncc2c(n1)-c1ccc(Cl)cc1NC(=S)C2.Cc1ncc(CCN2CCOCC2)cc1Nc1ncc2c(n1)-c1ccc(C(F)(F)F)cc1NC(=S)C2. The fourth-order valence-corrected chi connectivity index (χ4v) is 18.1. The molecule has 0 spiro atoms. The topological polar surface area (TPSA) is 276 Å². The van der Waals surface area contributed by atoms with Gasteiger partial charge in [0.25, 0.3) is 0 Å². The van der Waals surface area contributed by atoms with Gasteiger partial charge < -0.3 is 66.9 Å². The second kappa shape index (κ2) is 44.1. The fraction of sp³-hybridized carbons (Fsp3) is 0.347. The third kappa shape index (κ3) is 25.5. The van der Waals surface area contributed by atoms with E-state index >= 15 is 0 Å². The van der Waals surface area contributed by atoms with Crippen LogP contribution < -0.4 is 47.4 Å². The first-order valence-corrected chi connectivity index (χ1v) is 47.3. The van der Waals surface area contributed by atoms with Crippen molar-refractivity contribution >= 4 is 179 Å². The number of rotatable bonds is 22. The van der Waals surface area contributed by atoms with Crippen molar-refractivity contribution in [2.24, 2.45) is 5.92 Å². The van der Waals surface area contributed by atoms with Gasteiger partial charge in [-0.15, -0.1) is 0 Å². The van der Waals surface area contributed by atoms with Gasteiger partial charge in [0.05, 0.1) is 107 Å². The number of piperidine rings is 1. The Morgan fingerprint density at radius 2 is 0.866 bits per heavy atom. The van der Waals surface area contributed by atoms with Crippen molar-refractivity contribution in [3.63, 3.8) is 0 Å². The maximum Gasteiger partial charge on any atom is 0.416 e. The number of aromatic nitrogens is 12. The van der Waals surface area contributed by atoms with Gasteiger partial charge in [-0.3, -0.25) is 19.9 Å². The number of aryl methyl sites for hydroxylation is 6. The number of anilines is 13. The van der Waals surface area contributed by atoms with Crippen LogP contribution in [0.15, 0.2) is 140 Å². The van der Waals surface area contributed by atoms with Crippen LogP contribution in [0, 0.1) is 40.5 Å². The second-order valence-electron chi connectivity index (χ2n) is 34.7. The van der Waals surface area contributed by atoms with Crippen LogP contribution in [0.1, 0.15) is 98.8 Å². The Bertz CT molecular complexity index is 6380. The molecule has 0 unspecified atom stereocenters. The summed E-state index contributed by atoms with van der Waals surface area (Å²) in [5.74, 6) is 3.58. The lowest BCUT2D eigenvalue weighted by Crippen LogP contribution is -2.37. The van der Waals surface area contributed by atoms with Crippen molar-refractivity contribution in [2.75, 3.05) is 155 Å².